The first kappa shape index (κ1) is 48.7. The molecule has 2 aromatic carbocycles. The fourth-order valence-corrected chi connectivity index (χ4v) is 5.87. The van der Waals surface area contributed by atoms with Gasteiger partial charge in [0, 0.05) is 55.6 Å². The number of aromatic nitrogens is 1. The Morgan fingerprint density at radius 3 is 2.07 bits per heavy atom. The molecule has 0 fully saturated rings. The van der Waals surface area contributed by atoms with Crippen molar-refractivity contribution >= 4 is 29.7 Å². The normalized spacial score (nSPS) is 13.0. The minimum atomic E-state index is -5.08. The lowest BCUT2D eigenvalue weighted by Gasteiger charge is -2.41. The van der Waals surface area contributed by atoms with Gasteiger partial charge >= 0.3 is 18.1 Å². The van der Waals surface area contributed by atoms with Crippen LogP contribution in [-0.4, -0.2) is 98.9 Å². The molecule has 0 aliphatic heterocycles. The molecular formula is C39H51F5N6O8. The number of rotatable bonds is 19. The number of halogens is 5. The van der Waals surface area contributed by atoms with Crippen LogP contribution in [0.5, 0.6) is 0 Å². The Morgan fingerprint density at radius 2 is 1.50 bits per heavy atom. The van der Waals surface area contributed by atoms with Crippen molar-refractivity contribution in [3.63, 3.8) is 0 Å². The molecule has 14 nitrogen and oxygen atoms in total. The van der Waals surface area contributed by atoms with E-state index in [1.165, 1.54) is 4.90 Å². The van der Waals surface area contributed by atoms with Gasteiger partial charge in [0.05, 0.1) is 12.1 Å². The maximum atomic E-state index is 15.0. The van der Waals surface area contributed by atoms with Crippen molar-refractivity contribution < 1.29 is 61.2 Å². The summed E-state index contributed by atoms with van der Waals surface area (Å²) in [5, 5.41) is 31.3. The van der Waals surface area contributed by atoms with Crippen LogP contribution in [0, 0.1) is 17.0 Å². The lowest BCUT2D eigenvalue weighted by atomic mass is 9.82. The number of hydrogen-bond acceptors (Lipinski definition) is 8. The molecule has 0 bridgehead atoms. The second-order valence-electron chi connectivity index (χ2n) is 14.4. The first-order valence-corrected chi connectivity index (χ1v) is 18.2. The molecule has 1 heterocycles. The number of unbranched alkanes of at least 4 members (excludes halogenated alkanes) is 1. The highest BCUT2D eigenvalue weighted by molar-refractivity contribution is 5.83. The Morgan fingerprint density at radius 1 is 0.862 bits per heavy atom. The van der Waals surface area contributed by atoms with Crippen LogP contribution in [0.25, 0.3) is 11.1 Å². The van der Waals surface area contributed by atoms with Gasteiger partial charge in [0.25, 0.3) is 0 Å². The summed E-state index contributed by atoms with van der Waals surface area (Å²) >= 11 is 0. The lowest BCUT2D eigenvalue weighted by molar-refractivity contribution is -0.192. The predicted octanol–water partition coefficient (Wildman–Crippen LogP) is 3.95. The molecular weight excluding hydrogens is 775 g/mol. The lowest BCUT2D eigenvalue weighted by Crippen LogP contribution is -2.47. The summed E-state index contributed by atoms with van der Waals surface area (Å²) < 4.78 is 62.8. The molecule has 3 atom stereocenters. The number of nitrogens with two attached hydrogens (primary N) is 2. The zero-order chi connectivity index (χ0) is 43.8. The third-order valence-corrected chi connectivity index (χ3v) is 8.73. The van der Waals surface area contributed by atoms with Crippen LogP contribution in [0.1, 0.15) is 70.2 Å². The first-order valence-electron chi connectivity index (χ1n) is 18.2. The van der Waals surface area contributed by atoms with Crippen LogP contribution in [0.4, 0.5) is 22.0 Å². The Hall–Kier alpha value is -5.40. The van der Waals surface area contributed by atoms with E-state index in [4.69, 9.17) is 26.5 Å². The van der Waals surface area contributed by atoms with E-state index in [-0.39, 0.29) is 37.4 Å². The number of nitrogens with one attached hydrogen (secondary N) is 2. The fraction of sp³-hybridized carbons (Fsp3) is 0.462. The van der Waals surface area contributed by atoms with Crippen molar-refractivity contribution in [2.45, 2.75) is 83.7 Å². The molecule has 9 N–H and O–H groups in total. The highest BCUT2D eigenvalue weighted by Gasteiger charge is 2.39. The minimum Gasteiger partial charge on any atom is -0.480 e. The summed E-state index contributed by atoms with van der Waals surface area (Å²) in [5.41, 5.74) is 13.1. The van der Waals surface area contributed by atoms with Crippen LogP contribution in [0.15, 0.2) is 60.8 Å². The average Bonchev–Trinajstić information content (AvgIpc) is 3.55. The Kier molecular flexibility index (Phi) is 18.9. The SMILES string of the molecule is CC(C)(C)[C@H](c1cc(-c2cc(F)ccc2F)cn1Cc1ccccc1)N(CC[C@H](N)C(=O)NCCC(=O)NCCCC[C@H](N)C(=O)O)C(=O)CO.O=C(O)C(F)(F)F. The van der Waals surface area contributed by atoms with Crippen LogP contribution < -0.4 is 22.1 Å². The van der Waals surface area contributed by atoms with Gasteiger partial charge in [-0.15, -0.1) is 0 Å². The summed E-state index contributed by atoms with van der Waals surface area (Å²) in [4.78, 5) is 59.6. The van der Waals surface area contributed by atoms with Crippen molar-refractivity contribution in [1.29, 1.82) is 0 Å². The van der Waals surface area contributed by atoms with E-state index in [1.807, 2.05) is 55.7 Å². The Bertz CT molecular complexity index is 1830. The number of benzene rings is 2. The summed E-state index contributed by atoms with van der Waals surface area (Å²) in [6, 6.07) is 11.8. The summed E-state index contributed by atoms with van der Waals surface area (Å²) in [7, 11) is 0. The number of aliphatic carboxylic acids is 2. The van der Waals surface area contributed by atoms with E-state index in [0.29, 0.717) is 43.6 Å². The van der Waals surface area contributed by atoms with Gasteiger partial charge in [0.1, 0.15) is 24.3 Å². The number of carboxylic acid groups (broad SMARTS) is 2. The molecule has 0 aliphatic rings. The number of alkyl halides is 3. The number of carbonyl (C=O) groups excluding carboxylic acids is 3. The number of carboxylic acids is 2. The Labute approximate surface area is 332 Å². The fourth-order valence-electron chi connectivity index (χ4n) is 5.87. The van der Waals surface area contributed by atoms with Gasteiger partial charge in [-0.3, -0.25) is 19.2 Å². The van der Waals surface area contributed by atoms with Gasteiger partial charge in [-0.1, -0.05) is 51.1 Å². The van der Waals surface area contributed by atoms with Gasteiger partial charge in [0.2, 0.25) is 17.7 Å². The molecule has 0 spiro atoms. The van der Waals surface area contributed by atoms with E-state index in [2.05, 4.69) is 10.6 Å². The van der Waals surface area contributed by atoms with Gasteiger partial charge in [0.15, 0.2) is 0 Å². The predicted molar refractivity (Wildman–Crippen MR) is 203 cm³/mol. The summed E-state index contributed by atoms with van der Waals surface area (Å²) in [6.07, 6.45) is -1.95. The molecule has 3 amide bonds. The number of aliphatic hydroxyl groups excluding tert-OH is 1. The molecule has 0 aliphatic carbocycles. The highest BCUT2D eigenvalue weighted by Crippen LogP contribution is 2.41. The second kappa shape index (κ2) is 22.5. The van der Waals surface area contributed by atoms with Crippen molar-refractivity contribution in [1.82, 2.24) is 20.1 Å². The molecule has 3 rings (SSSR count). The zero-order valence-corrected chi connectivity index (χ0v) is 32.4. The monoisotopic (exact) mass is 826 g/mol. The molecule has 0 unspecified atom stereocenters. The van der Waals surface area contributed by atoms with Gasteiger partial charge in [-0.05, 0) is 60.9 Å². The van der Waals surface area contributed by atoms with E-state index in [1.54, 1.807) is 12.3 Å². The first-order chi connectivity index (χ1) is 27.1. The Balaban J connectivity index is 0.00000151. The maximum absolute atomic E-state index is 15.0. The third kappa shape index (κ3) is 15.9. The standard InChI is InChI=1S/C37H50F2N6O6.C2HF3O2/c1-37(2,3)34(31-19-25(27-20-26(38)12-13-28(27)39)22-44(31)21-24-9-5-4-6-10-24)45(33(48)23-46)18-15-29(40)35(49)43-17-14-32(47)42-16-8-7-11-30(41)36(50)51;3-2(4,5)1(6)7/h4-6,9-10,12-13,19-20,22,29-30,34,46H,7-8,11,14-18,21,23,40-41H2,1-3H3,(H,42,47)(H,43,49)(H,50,51);(H,6,7)/t29-,30-,34-;/m0./s1. The number of hydrogen-bond donors (Lipinski definition) is 7. The zero-order valence-electron chi connectivity index (χ0n) is 32.4. The van der Waals surface area contributed by atoms with Crippen molar-refractivity contribution in [2.24, 2.45) is 16.9 Å². The minimum absolute atomic E-state index is 0.000959. The third-order valence-electron chi connectivity index (χ3n) is 8.73. The van der Waals surface area contributed by atoms with E-state index >= 15 is 0 Å². The smallest absolute Gasteiger partial charge is 0.480 e. The van der Waals surface area contributed by atoms with Crippen LogP contribution in [0.2, 0.25) is 0 Å². The molecule has 3 aromatic rings. The van der Waals surface area contributed by atoms with Gasteiger partial charge < -0.3 is 46.9 Å². The van der Waals surface area contributed by atoms with Gasteiger partial charge in [-0.2, -0.15) is 13.2 Å². The summed E-state index contributed by atoms with van der Waals surface area (Å²) in [5.74, 6) is -6.46. The molecule has 19 heteroatoms. The van der Waals surface area contributed by atoms with E-state index < -0.39 is 71.7 Å². The molecule has 0 saturated carbocycles. The second-order valence-corrected chi connectivity index (χ2v) is 14.4. The van der Waals surface area contributed by atoms with Gasteiger partial charge in [-0.25, -0.2) is 13.6 Å². The van der Waals surface area contributed by atoms with Crippen LogP contribution >= 0.6 is 0 Å². The molecule has 0 radical (unpaired) electrons. The quantitative estimate of drug-likeness (QED) is 0.0680. The number of carbonyl (C=O) groups is 5. The van der Waals surface area contributed by atoms with E-state index in [0.717, 1.165) is 23.8 Å². The summed E-state index contributed by atoms with van der Waals surface area (Å²) in [6.45, 7) is 5.66. The van der Waals surface area contributed by atoms with E-state index in [9.17, 15) is 46.2 Å². The van der Waals surface area contributed by atoms with Crippen molar-refractivity contribution in [3.05, 3.63) is 83.7 Å². The molecule has 320 valence electrons. The topological polar surface area (TPSA) is 230 Å². The largest absolute Gasteiger partial charge is 0.490 e. The maximum Gasteiger partial charge on any atom is 0.490 e. The van der Waals surface area contributed by atoms with Crippen molar-refractivity contribution in [2.75, 3.05) is 26.2 Å². The number of amides is 3. The van der Waals surface area contributed by atoms with Crippen LogP contribution in [-0.2, 0) is 30.5 Å². The van der Waals surface area contributed by atoms with Crippen molar-refractivity contribution in [3.8, 4) is 11.1 Å². The molecule has 58 heavy (non-hydrogen) atoms. The number of aliphatic hydroxyl groups is 1. The highest BCUT2D eigenvalue weighted by atomic mass is 19.4. The molecule has 1 aromatic heterocycles. The average molecular weight is 827 g/mol. The number of nitrogens with zero attached hydrogens (tertiary/aromatic N) is 2. The van der Waals surface area contributed by atoms with Crippen LogP contribution in [0.3, 0.4) is 0 Å². The molecule has 0 saturated heterocycles.